The highest BCUT2D eigenvalue weighted by Crippen LogP contribution is 2.31. The zero-order valence-corrected chi connectivity index (χ0v) is 22.2. The van der Waals surface area contributed by atoms with Crippen LogP contribution in [0.1, 0.15) is 39.3 Å². The molecule has 0 spiro atoms. The van der Waals surface area contributed by atoms with Gasteiger partial charge in [-0.3, -0.25) is 14.4 Å². The van der Waals surface area contributed by atoms with E-state index in [1.807, 2.05) is 24.3 Å². The Kier molecular flexibility index (Phi) is 7.02. The summed E-state index contributed by atoms with van der Waals surface area (Å²) < 4.78 is 19.7. The minimum absolute atomic E-state index is 0.190. The van der Waals surface area contributed by atoms with Crippen molar-refractivity contribution in [3.05, 3.63) is 71.8 Å². The highest BCUT2D eigenvalue weighted by atomic mass is 16.5. The van der Waals surface area contributed by atoms with Crippen LogP contribution in [0, 0.1) is 5.92 Å². The monoisotopic (exact) mass is 545 g/mol. The van der Waals surface area contributed by atoms with Gasteiger partial charge in [0.1, 0.15) is 29.0 Å². The van der Waals surface area contributed by atoms with Crippen LogP contribution in [-0.2, 0) is 18.4 Å². The first-order valence-electron chi connectivity index (χ1n) is 13.4. The van der Waals surface area contributed by atoms with E-state index in [-0.39, 0.29) is 37.4 Å². The number of carbonyl (C=O) groups is 3. The van der Waals surface area contributed by atoms with Crippen LogP contribution < -0.4 is 24.8 Å². The molecule has 2 fully saturated rings. The summed E-state index contributed by atoms with van der Waals surface area (Å²) >= 11 is 0. The van der Waals surface area contributed by atoms with Gasteiger partial charge in [0.25, 0.3) is 17.7 Å². The second-order valence-corrected chi connectivity index (χ2v) is 10.5. The van der Waals surface area contributed by atoms with Crippen molar-refractivity contribution in [1.29, 1.82) is 0 Å². The topological polar surface area (TPSA) is 124 Å². The Morgan fingerprint density at radius 2 is 1.93 bits per heavy atom. The van der Waals surface area contributed by atoms with E-state index in [2.05, 4.69) is 15.6 Å². The maximum absolute atomic E-state index is 13.5. The first-order valence-corrected chi connectivity index (χ1v) is 13.4. The number of fused-ring (bicyclic) bond motifs is 7. The minimum atomic E-state index is -0.493. The Hall–Kier alpha value is -4.54. The second-order valence-electron chi connectivity index (χ2n) is 10.5. The van der Waals surface area contributed by atoms with Gasteiger partial charge in [0.05, 0.1) is 31.7 Å². The second kappa shape index (κ2) is 10.9. The number of amides is 3. The van der Waals surface area contributed by atoms with Gasteiger partial charge in [-0.1, -0.05) is 12.1 Å². The van der Waals surface area contributed by atoms with Crippen LogP contribution in [0.4, 0.5) is 0 Å². The summed E-state index contributed by atoms with van der Waals surface area (Å²) in [5, 5.41) is 5.90. The standard InChI is InChI=1S/C29H31N5O6/c1-33-17-30-12-25(33)29(37)34-13-24-26(14-34)40-21-6-4-18(5-7-21)11-31-27(35)16-39-23-9-20(28(36)32-24)8-22(10-23)38-15-19-2-3-19/h4-10,12,17,19,24,26H,2-3,11,13-16H2,1H3,(H,31,35)(H,32,36)/t24-,26-/m0/s1. The number of aryl methyl sites for hydroxylation is 1. The van der Waals surface area contributed by atoms with Crippen LogP contribution in [0.15, 0.2) is 55.0 Å². The van der Waals surface area contributed by atoms with Crippen molar-refractivity contribution in [3.8, 4) is 17.2 Å². The summed E-state index contributed by atoms with van der Waals surface area (Å²) in [6.45, 7) is 1.23. The van der Waals surface area contributed by atoms with Crippen LogP contribution in [0.2, 0.25) is 0 Å². The summed E-state index contributed by atoms with van der Waals surface area (Å²) in [5.41, 5.74) is 1.67. The third-order valence-corrected chi connectivity index (χ3v) is 7.30. The van der Waals surface area contributed by atoms with Crippen molar-refractivity contribution < 1.29 is 28.6 Å². The van der Waals surface area contributed by atoms with Gasteiger partial charge in [0.15, 0.2) is 6.61 Å². The van der Waals surface area contributed by atoms with E-state index in [4.69, 9.17) is 14.2 Å². The summed E-state index contributed by atoms with van der Waals surface area (Å²) in [6.07, 6.45) is 4.87. The smallest absolute Gasteiger partial charge is 0.272 e. The lowest BCUT2D eigenvalue weighted by molar-refractivity contribution is -0.123. The molecule has 11 nitrogen and oxygen atoms in total. The molecule has 0 unspecified atom stereocenters. The molecule has 1 saturated heterocycles. The van der Waals surface area contributed by atoms with Gasteiger partial charge in [0.2, 0.25) is 0 Å². The minimum Gasteiger partial charge on any atom is -0.493 e. The van der Waals surface area contributed by atoms with Crippen molar-refractivity contribution in [1.82, 2.24) is 25.1 Å². The number of nitrogens with one attached hydrogen (secondary N) is 2. The maximum Gasteiger partial charge on any atom is 0.272 e. The summed E-state index contributed by atoms with van der Waals surface area (Å²) in [4.78, 5) is 45.0. The van der Waals surface area contributed by atoms with Crippen molar-refractivity contribution in [3.63, 3.8) is 0 Å². The molecule has 7 rings (SSSR count). The van der Waals surface area contributed by atoms with E-state index in [1.54, 1.807) is 41.0 Å². The maximum atomic E-state index is 13.5. The fourth-order valence-electron chi connectivity index (χ4n) is 4.80. The van der Waals surface area contributed by atoms with Gasteiger partial charge in [-0.15, -0.1) is 0 Å². The lowest BCUT2D eigenvalue weighted by Crippen LogP contribution is -2.45. The average molecular weight is 546 g/mol. The van der Waals surface area contributed by atoms with Crippen LogP contribution in [0.5, 0.6) is 17.2 Å². The normalized spacial score (nSPS) is 21.0. The fourth-order valence-corrected chi connectivity index (χ4v) is 4.80. The molecular weight excluding hydrogens is 514 g/mol. The Bertz CT molecular complexity index is 1420. The number of hydrogen-bond donors (Lipinski definition) is 2. The van der Waals surface area contributed by atoms with E-state index in [9.17, 15) is 14.4 Å². The molecule has 2 atom stereocenters. The summed E-state index contributed by atoms with van der Waals surface area (Å²) in [7, 11) is 1.76. The van der Waals surface area contributed by atoms with Gasteiger partial charge in [-0.2, -0.15) is 0 Å². The molecule has 1 aromatic heterocycles. The van der Waals surface area contributed by atoms with E-state index in [1.165, 1.54) is 6.20 Å². The molecule has 4 heterocycles. The Morgan fingerprint density at radius 3 is 2.67 bits per heavy atom. The third kappa shape index (κ3) is 5.88. The molecular formula is C29H31N5O6. The lowest BCUT2D eigenvalue weighted by Gasteiger charge is -2.21. The van der Waals surface area contributed by atoms with Crippen molar-refractivity contribution in [2.75, 3.05) is 26.3 Å². The number of nitrogens with zero attached hydrogens (tertiary/aromatic N) is 3. The zero-order chi connectivity index (χ0) is 27.6. The van der Waals surface area contributed by atoms with Gasteiger partial charge >= 0.3 is 0 Å². The highest BCUT2D eigenvalue weighted by Gasteiger charge is 2.39. The number of rotatable bonds is 4. The molecule has 3 aliphatic heterocycles. The molecule has 1 saturated carbocycles. The number of benzene rings is 2. The molecule has 11 heteroatoms. The largest absolute Gasteiger partial charge is 0.493 e. The van der Waals surface area contributed by atoms with Crippen molar-refractivity contribution in [2.45, 2.75) is 31.5 Å². The van der Waals surface area contributed by atoms with Crippen LogP contribution >= 0.6 is 0 Å². The predicted molar refractivity (Wildman–Crippen MR) is 143 cm³/mol. The van der Waals surface area contributed by atoms with E-state index < -0.39 is 12.1 Å². The SMILES string of the molecule is Cn1cncc1C(=O)N1C[C@@H]2NC(=O)c3cc(cc(OCC4CC4)c3)OCC(=O)NCc3ccc(cc3)O[C@H]2C1. The molecule has 2 aromatic carbocycles. The molecule has 0 radical (unpaired) electrons. The van der Waals surface area contributed by atoms with Gasteiger partial charge < -0.3 is 34.3 Å². The first kappa shape index (κ1) is 25.7. The zero-order valence-electron chi connectivity index (χ0n) is 22.2. The number of aromatic nitrogens is 2. The highest BCUT2D eigenvalue weighted by molar-refractivity contribution is 5.96. The van der Waals surface area contributed by atoms with Gasteiger partial charge in [0, 0.05) is 31.8 Å². The fraction of sp³-hybridized carbons (Fsp3) is 0.379. The molecule has 3 aromatic rings. The lowest BCUT2D eigenvalue weighted by atomic mass is 10.1. The van der Waals surface area contributed by atoms with Gasteiger partial charge in [-0.25, -0.2) is 4.98 Å². The van der Waals surface area contributed by atoms with Crippen molar-refractivity contribution in [2.24, 2.45) is 13.0 Å². The number of carbonyl (C=O) groups excluding carboxylic acids is 3. The van der Waals surface area contributed by atoms with Crippen LogP contribution in [0.25, 0.3) is 0 Å². The number of imidazole rings is 1. The molecule has 1 aliphatic carbocycles. The third-order valence-electron chi connectivity index (χ3n) is 7.30. The quantitative estimate of drug-likeness (QED) is 0.513. The van der Waals surface area contributed by atoms with E-state index >= 15 is 0 Å². The molecule has 3 amide bonds. The Labute approximate surface area is 231 Å². The first-order chi connectivity index (χ1) is 19.4. The Balaban J connectivity index is 1.29. The number of ether oxygens (including phenoxy) is 3. The predicted octanol–water partition coefficient (Wildman–Crippen LogP) is 1.92. The summed E-state index contributed by atoms with van der Waals surface area (Å²) in [5.74, 6) is 1.14. The van der Waals surface area contributed by atoms with Crippen molar-refractivity contribution >= 4 is 17.7 Å². The average Bonchev–Trinajstić information content (AvgIpc) is 3.57. The van der Waals surface area contributed by atoms with E-state index in [0.29, 0.717) is 47.6 Å². The van der Waals surface area contributed by atoms with Crippen LogP contribution in [-0.4, -0.2) is 70.6 Å². The number of likely N-dealkylation sites (tertiary alicyclic amines) is 1. The number of hydrogen-bond acceptors (Lipinski definition) is 7. The molecule has 2 N–H and O–H groups in total. The van der Waals surface area contributed by atoms with Crippen LogP contribution in [0.3, 0.4) is 0 Å². The Morgan fingerprint density at radius 1 is 1.10 bits per heavy atom. The molecule has 4 aliphatic rings. The molecule has 208 valence electrons. The van der Waals surface area contributed by atoms with E-state index in [0.717, 1.165) is 18.4 Å². The van der Waals surface area contributed by atoms with Gasteiger partial charge in [-0.05, 0) is 48.6 Å². The molecule has 40 heavy (non-hydrogen) atoms. The summed E-state index contributed by atoms with van der Waals surface area (Å²) in [6, 6.07) is 11.8. The molecule has 4 bridgehead atoms.